The average molecular weight is 242 g/mol. The molecule has 3 N–H and O–H groups in total. The average Bonchev–Trinajstić information content (AvgIpc) is 3.05. The van der Waals surface area contributed by atoms with Gasteiger partial charge in [0.05, 0.1) is 0 Å². The van der Waals surface area contributed by atoms with Crippen molar-refractivity contribution in [1.29, 1.82) is 0 Å². The van der Waals surface area contributed by atoms with E-state index in [9.17, 15) is 9.59 Å². The summed E-state index contributed by atoms with van der Waals surface area (Å²) >= 11 is 0. The van der Waals surface area contributed by atoms with Crippen LogP contribution in [0.2, 0.25) is 0 Å². The van der Waals surface area contributed by atoms with Crippen LogP contribution in [-0.2, 0) is 4.79 Å². The topological polar surface area (TPSA) is 78.4 Å². The van der Waals surface area contributed by atoms with Gasteiger partial charge < -0.3 is 15.7 Å². The van der Waals surface area contributed by atoms with Crippen molar-refractivity contribution in [3.8, 4) is 0 Å². The quantitative estimate of drug-likeness (QED) is 0.659. The van der Waals surface area contributed by atoms with Crippen molar-refractivity contribution in [3.63, 3.8) is 0 Å². The van der Waals surface area contributed by atoms with E-state index >= 15 is 0 Å². The van der Waals surface area contributed by atoms with Crippen LogP contribution in [0.4, 0.5) is 4.79 Å². The maximum atomic E-state index is 11.5. The molecule has 0 aliphatic heterocycles. The van der Waals surface area contributed by atoms with Gasteiger partial charge in [-0.3, -0.25) is 0 Å². The first kappa shape index (κ1) is 13.8. The molecule has 98 valence electrons. The number of carboxylic acid groups (broad SMARTS) is 1. The third-order valence-corrected chi connectivity index (χ3v) is 3.23. The lowest BCUT2D eigenvalue weighted by Crippen LogP contribution is -2.49. The van der Waals surface area contributed by atoms with E-state index in [-0.39, 0.29) is 5.92 Å². The van der Waals surface area contributed by atoms with Gasteiger partial charge in [0, 0.05) is 6.54 Å². The lowest BCUT2D eigenvalue weighted by atomic mass is 10.1. The second-order valence-corrected chi connectivity index (χ2v) is 5.23. The normalized spacial score (nSPS) is 18.6. The highest BCUT2D eigenvalue weighted by Gasteiger charge is 2.28. The molecule has 1 fully saturated rings. The summed E-state index contributed by atoms with van der Waals surface area (Å²) in [6.45, 7) is 6.26. The highest BCUT2D eigenvalue weighted by molar-refractivity contribution is 5.82. The number of urea groups is 1. The van der Waals surface area contributed by atoms with Gasteiger partial charge in [-0.2, -0.15) is 0 Å². The summed E-state index contributed by atoms with van der Waals surface area (Å²) in [4.78, 5) is 22.4. The highest BCUT2D eigenvalue weighted by Crippen LogP contribution is 2.35. The molecule has 5 heteroatoms. The van der Waals surface area contributed by atoms with Crippen molar-refractivity contribution in [2.24, 2.45) is 17.8 Å². The van der Waals surface area contributed by atoms with E-state index in [1.54, 1.807) is 13.8 Å². The maximum absolute atomic E-state index is 11.5. The summed E-state index contributed by atoms with van der Waals surface area (Å²) < 4.78 is 0. The molecule has 1 unspecified atom stereocenters. The zero-order chi connectivity index (χ0) is 13.0. The Morgan fingerprint density at radius 3 is 2.29 bits per heavy atom. The lowest BCUT2D eigenvalue weighted by molar-refractivity contribution is -0.140. The van der Waals surface area contributed by atoms with Crippen molar-refractivity contribution < 1.29 is 14.7 Å². The highest BCUT2D eigenvalue weighted by atomic mass is 16.4. The third-order valence-electron chi connectivity index (χ3n) is 3.23. The van der Waals surface area contributed by atoms with Crippen LogP contribution in [0.25, 0.3) is 0 Å². The molecule has 1 rings (SSSR count). The Labute approximate surface area is 102 Å². The number of carbonyl (C=O) groups is 2. The maximum Gasteiger partial charge on any atom is 0.326 e. The van der Waals surface area contributed by atoms with Gasteiger partial charge in [0.2, 0.25) is 0 Å². The number of hydrogen-bond donors (Lipinski definition) is 3. The van der Waals surface area contributed by atoms with Gasteiger partial charge >= 0.3 is 12.0 Å². The smallest absolute Gasteiger partial charge is 0.326 e. The first-order valence-electron chi connectivity index (χ1n) is 6.19. The molecule has 0 aromatic heterocycles. The fourth-order valence-electron chi connectivity index (χ4n) is 1.79. The van der Waals surface area contributed by atoms with Crippen molar-refractivity contribution >= 4 is 12.0 Å². The first-order valence-corrected chi connectivity index (χ1v) is 6.19. The molecular weight excluding hydrogens is 220 g/mol. The molecule has 0 spiro atoms. The Hall–Kier alpha value is -1.26. The Kier molecular flexibility index (Phi) is 4.78. The fourth-order valence-corrected chi connectivity index (χ4v) is 1.79. The molecule has 0 heterocycles. The molecular formula is C12H22N2O3. The van der Waals surface area contributed by atoms with Crippen molar-refractivity contribution in [2.45, 2.75) is 39.7 Å². The second-order valence-electron chi connectivity index (χ2n) is 5.23. The zero-order valence-corrected chi connectivity index (χ0v) is 10.7. The van der Waals surface area contributed by atoms with E-state index in [2.05, 4.69) is 17.6 Å². The summed E-state index contributed by atoms with van der Waals surface area (Å²) in [5.41, 5.74) is 0. The predicted octanol–water partition coefficient (Wildman–Crippen LogP) is 1.44. The summed E-state index contributed by atoms with van der Waals surface area (Å²) in [5.74, 6) is 0.0863. The van der Waals surface area contributed by atoms with Crippen LogP contribution in [0, 0.1) is 17.8 Å². The van der Waals surface area contributed by atoms with E-state index in [0.717, 1.165) is 5.92 Å². The van der Waals surface area contributed by atoms with E-state index in [4.69, 9.17) is 5.11 Å². The molecule has 17 heavy (non-hydrogen) atoms. The first-order chi connectivity index (χ1) is 7.91. The van der Waals surface area contributed by atoms with E-state index < -0.39 is 18.0 Å². The zero-order valence-electron chi connectivity index (χ0n) is 10.7. The molecule has 1 aliphatic rings. The minimum atomic E-state index is -0.995. The molecule has 1 aliphatic carbocycles. The number of hydrogen-bond acceptors (Lipinski definition) is 2. The molecule has 0 bridgehead atoms. The van der Waals surface area contributed by atoms with Crippen LogP contribution in [0.1, 0.15) is 33.6 Å². The fraction of sp³-hybridized carbons (Fsp3) is 0.833. The van der Waals surface area contributed by atoms with Crippen LogP contribution in [0.5, 0.6) is 0 Å². The monoisotopic (exact) mass is 242 g/mol. The molecule has 2 atom stereocenters. The Morgan fingerprint density at radius 1 is 1.29 bits per heavy atom. The van der Waals surface area contributed by atoms with Gasteiger partial charge in [-0.1, -0.05) is 20.8 Å². The Balaban J connectivity index is 2.29. The standard InChI is InChI=1S/C12H22N2O3/c1-7(2)10(11(15)16)14-12(17)13-6-8(3)9-4-5-9/h7-10H,4-6H2,1-3H3,(H,15,16)(H2,13,14,17)/t8?,10-/m1/s1. The second kappa shape index (κ2) is 5.89. The molecule has 0 radical (unpaired) electrons. The van der Waals surface area contributed by atoms with Crippen molar-refractivity contribution in [1.82, 2.24) is 10.6 Å². The van der Waals surface area contributed by atoms with Crippen LogP contribution >= 0.6 is 0 Å². The van der Waals surface area contributed by atoms with Crippen molar-refractivity contribution in [2.75, 3.05) is 6.54 Å². The molecule has 5 nitrogen and oxygen atoms in total. The number of amides is 2. The third kappa shape index (κ3) is 4.63. The van der Waals surface area contributed by atoms with Gasteiger partial charge in [-0.15, -0.1) is 0 Å². The number of carboxylic acids is 1. The van der Waals surface area contributed by atoms with Crippen LogP contribution in [-0.4, -0.2) is 29.7 Å². The summed E-state index contributed by atoms with van der Waals surface area (Å²) in [5, 5.41) is 14.1. The lowest BCUT2D eigenvalue weighted by Gasteiger charge is -2.19. The summed E-state index contributed by atoms with van der Waals surface area (Å²) in [7, 11) is 0. The molecule has 0 saturated heterocycles. The number of aliphatic carboxylic acids is 1. The summed E-state index contributed by atoms with van der Waals surface area (Å²) in [6, 6.07) is -1.22. The molecule has 1 saturated carbocycles. The van der Waals surface area contributed by atoms with Crippen molar-refractivity contribution in [3.05, 3.63) is 0 Å². The molecule has 2 amide bonds. The van der Waals surface area contributed by atoms with Gasteiger partial charge in [-0.05, 0) is 30.6 Å². The predicted molar refractivity (Wildman–Crippen MR) is 64.7 cm³/mol. The van der Waals surface area contributed by atoms with Gasteiger partial charge in [0.1, 0.15) is 6.04 Å². The van der Waals surface area contributed by atoms with Gasteiger partial charge in [-0.25, -0.2) is 9.59 Å². The van der Waals surface area contributed by atoms with E-state index in [1.807, 2.05) is 0 Å². The minimum absolute atomic E-state index is 0.126. The molecule has 0 aromatic carbocycles. The Morgan fingerprint density at radius 2 is 1.88 bits per heavy atom. The summed E-state index contributed by atoms with van der Waals surface area (Å²) in [6.07, 6.45) is 2.49. The number of carbonyl (C=O) groups excluding carboxylic acids is 1. The van der Waals surface area contributed by atoms with E-state index in [0.29, 0.717) is 12.5 Å². The minimum Gasteiger partial charge on any atom is -0.480 e. The largest absolute Gasteiger partial charge is 0.480 e. The number of rotatable bonds is 6. The Bertz CT molecular complexity index is 287. The van der Waals surface area contributed by atoms with Gasteiger partial charge in [0.25, 0.3) is 0 Å². The molecule has 0 aromatic rings. The van der Waals surface area contributed by atoms with E-state index in [1.165, 1.54) is 12.8 Å². The number of nitrogens with one attached hydrogen (secondary N) is 2. The van der Waals surface area contributed by atoms with Gasteiger partial charge in [0.15, 0.2) is 0 Å². The van der Waals surface area contributed by atoms with Crippen LogP contribution < -0.4 is 10.6 Å². The SMILES string of the molecule is CC(CNC(=O)N[C@@H](C(=O)O)C(C)C)C1CC1. The van der Waals surface area contributed by atoms with Crippen LogP contribution in [0.3, 0.4) is 0 Å². The van der Waals surface area contributed by atoms with Crippen LogP contribution in [0.15, 0.2) is 0 Å².